The van der Waals surface area contributed by atoms with Gasteiger partial charge in [0.15, 0.2) is 0 Å². The van der Waals surface area contributed by atoms with Gasteiger partial charge in [0.05, 0.1) is 0 Å². The molecule has 1 N–H and O–H groups in total. The van der Waals surface area contributed by atoms with Crippen molar-refractivity contribution in [2.24, 2.45) is 0 Å². The van der Waals surface area contributed by atoms with Crippen LogP contribution in [0.25, 0.3) is 0 Å². The fourth-order valence-corrected chi connectivity index (χ4v) is 2.52. The molecule has 0 saturated carbocycles. The van der Waals surface area contributed by atoms with Crippen molar-refractivity contribution in [3.05, 3.63) is 0 Å². The van der Waals surface area contributed by atoms with E-state index in [4.69, 9.17) is 6.42 Å². The molecule has 1 aliphatic rings. The van der Waals surface area contributed by atoms with E-state index in [0.29, 0.717) is 18.4 Å². The van der Waals surface area contributed by atoms with Crippen LogP contribution >= 0.6 is 0 Å². The number of nitrogens with one attached hydrogen (secondary N) is 1. The van der Waals surface area contributed by atoms with Crippen molar-refractivity contribution in [1.82, 2.24) is 10.2 Å². The highest BCUT2D eigenvalue weighted by atomic mass is 16.2. The van der Waals surface area contributed by atoms with Gasteiger partial charge in [-0.05, 0) is 45.2 Å². The van der Waals surface area contributed by atoms with Crippen molar-refractivity contribution < 1.29 is 4.79 Å². The van der Waals surface area contributed by atoms with Crippen molar-refractivity contribution in [2.45, 2.75) is 57.9 Å². The van der Waals surface area contributed by atoms with Crippen LogP contribution in [0.4, 0.5) is 0 Å². The van der Waals surface area contributed by atoms with Crippen LogP contribution in [0.5, 0.6) is 0 Å². The largest absolute Gasteiger partial charge is 0.340 e. The van der Waals surface area contributed by atoms with Gasteiger partial charge in [-0.3, -0.25) is 4.79 Å². The molecule has 0 spiro atoms. The van der Waals surface area contributed by atoms with E-state index in [2.05, 4.69) is 23.1 Å². The third-order valence-electron chi connectivity index (χ3n) is 3.50. The third-order valence-corrected chi connectivity index (χ3v) is 3.50. The zero-order chi connectivity index (χ0) is 13.2. The van der Waals surface area contributed by atoms with Crippen LogP contribution in [0.15, 0.2) is 0 Å². The molecule has 0 radical (unpaired) electrons. The number of hydrogen-bond donors (Lipinski definition) is 1. The lowest BCUT2D eigenvalue weighted by Gasteiger charge is -2.34. The zero-order valence-electron chi connectivity index (χ0n) is 11.6. The van der Waals surface area contributed by atoms with E-state index in [1.807, 2.05) is 0 Å². The monoisotopic (exact) mass is 250 g/mol. The van der Waals surface area contributed by atoms with E-state index in [9.17, 15) is 4.79 Å². The summed E-state index contributed by atoms with van der Waals surface area (Å²) in [7, 11) is 0. The molecule has 0 atom stereocenters. The molecule has 0 aromatic carbocycles. The lowest BCUT2D eigenvalue weighted by Crippen LogP contribution is -2.46. The molecule has 1 heterocycles. The molecule has 1 fully saturated rings. The predicted molar refractivity (Wildman–Crippen MR) is 75.2 cm³/mol. The normalized spacial score (nSPS) is 16.2. The van der Waals surface area contributed by atoms with Crippen molar-refractivity contribution in [2.75, 3.05) is 19.6 Å². The SMILES string of the molecule is C#CCCCCC(=O)N(CCC)C1CCNCC1. The van der Waals surface area contributed by atoms with Crippen LogP contribution in [-0.2, 0) is 4.79 Å². The summed E-state index contributed by atoms with van der Waals surface area (Å²) < 4.78 is 0. The minimum Gasteiger partial charge on any atom is -0.340 e. The van der Waals surface area contributed by atoms with Crippen LogP contribution in [0.2, 0.25) is 0 Å². The zero-order valence-corrected chi connectivity index (χ0v) is 11.6. The smallest absolute Gasteiger partial charge is 0.222 e. The van der Waals surface area contributed by atoms with Gasteiger partial charge in [-0.1, -0.05) is 6.92 Å². The maximum Gasteiger partial charge on any atom is 0.222 e. The van der Waals surface area contributed by atoms with Gasteiger partial charge < -0.3 is 10.2 Å². The Hall–Kier alpha value is -1.01. The van der Waals surface area contributed by atoms with E-state index < -0.39 is 0 Å². The lowest BCUT2D eigenvalue weighted by molar-refractivity contribution is -0.134. The maximum absolute atomic E-state index is 12.2. The Balaban J connectivity index is 2.39. The highest BCUT2D eigenvalue weighted by Gasteiger charge is 2.23. The number of piperidine rings is 1. The van der Waals surface area contributed by atoms with Crippen molar-refractivity contribution >= 4 is 5.91 Å². The summed E-state index contributed by atoms with van der Waals surface area (Å²) >= 11 is 0. The second-order valence-corrected chi connectivity index (χ2v) is 4.98. The van der Waals surface area contributed by atoms with Crippen LogP contribution in [0.1, 0.15) is 51.9 Å². The summed E-state index contributed by atoms with van der Waals surface area (Å²) in [6.45, 7) is 5.11. The van der Waals surface area contributed by atoms with Gasteiger partial charge in [-0.15, -0.1) is 12.3 Å². The molecule has 3 heteroatoms. The van der Waals surface area contributed by atoms with Gasteiger partial charge in [0.2, 0.25) is 5.91 Å². The molecule has 1 saturated heterocycles. The molecule has 18 heavy (non-hydrogen) atoms. The molecule has 0 unspecified atom stereocenters. The number of carbonyl (C=O) groups is 1. The molecule has 3 nitrogen and oxygen atoms in total. The number of terminal acetylenes is 1. The topological polar surface area (TPSA) is 32.3 Å². The molecule has 0 aliphatic carbocycles. The van der Waals surface area contributed by atoms with E-state index in [1.54, 1.807) is 0 Å². The summed E-state index contributed by atoms with van der Waals surface area (Å²) in [5.41, 5.74) is 0. The molecule has 102 valence electrons. The van der Waals surface area contributed by atoms with Crippen LogP contribution in [-0.4, -0.2) is 36.5 Å². The number of carbonyl (C=O) groups excluding carboxylic acids is 1. The first-order valence-electron chi connectivity index (χ1n) is 7.23. The average molecular weight is 250 g/mol. The van der Waals surface area contributed by atoms with Crippen LogP contribution in [0.3, 0.4) is 0 Å². The second kappa shape index (κ2) is 8.99. The summed E-state index contributed by atoms with van der Waals surface area (Å²) in [6.07, 6.45) is 11.8. The predicted octanol–water partition coefficient (Wildman–Crippen LogP) is 2.17. The number of amides is 1. The highest BCUT2D eigenvalue weighted by Crippen LogP contribution is 2.15. The summed E-state index contributed by atoms with van der Waals surface area (Å²) in [6, 6.07) is 0.450. The first kappa shape index (κ1) is 15.0. The fourth-order valence-electron chi connectivity index (χ4n) is 2.52. The Morgan fingerprint density at radius 3 is 2.72 bits per heavy atom. The molecule has 0 aromatic heterocycles. The summed E-state index contributed by atoms with van der Waals surface area (Å²) in [5, 5.41) is 3.35. The molecular weight excluding hydrogens is 224 g/mol. The molecule has 1 aliphatic heterocycles. The van der Waals surface area contributed by atoms with Gasteiger partial charge in [0.25, 0.3) is 0 Å². The minimum atomic E-state index is 0.320. The molecule has 1 rings (SSSR count). The Morgan fingerprint density at radius 1 is 1.39 bits per heavy atom. The van der Waals surface area contributed by atoms with Gasteiger partial charge in [0.1, 0.15) is 0 Å². The number of rotatable bonds is 7. The van der Waals surface area contributed by atoms with Gasteiger partial charge in [-0.2, -0.15) is 0 Å². The number of nitrogens with zero attached hydrogens (tertiary/aromatic N) is 1. The van der Waals surface area contributed by atoms with Crippen molar-refractivity contribution in [3.63, 3.8) is 0 Å². The lowest BCUT2D eigenvalue weighted by atomic mass is 10.0. The van der Waals surface area contributed by atoms with E-state index >= 15 is 0 Å². The summed E-state index contributed by atoms with van der Waals surface area (Å²) in [5.74, 6) is 2.95. The third kappa shape index (κ3) is 5.10. The average Bonchev–Trinajstić information content (AvgIpc) is 2.41. The van der Waals surface area contributed by atoms with Crippen LogP contribution in [0, 0.1) is 12.3 Å². The highest BCUT2D eigenvalue weighted by molar-refractivity contribution is 5.76. The Kier molecular flexibility index (Phi) is 7.52. The van der Waals surface area contributed by atoms with E-state index in [1.165, 1.54) is 0 Å². The maximum atomic E-state index is 12.2. The van der Waals surface area contributed by atoms with E-state index in [0.717, 1.165) is 58.2 Å². The van der Waals surface area contributed by atoms with Gasteiger partial charge in [0, 0.05) is 25.4 Å². The molecular formula is C15H26N2O. The molecule has 1 amide bonds. The standard InChI is InChI=1S/C15H26N2O/c1-3-5-6-7-8-15(18)17(13-4-2)14-9-11-16-12-10-14/h1,14,16H,4-13H2,2H3. The second-order valence-electron chi connectivity index (χ2n) is 4.98. The first-order chi connectivity index (χ1) is 8.79. The summed E-state index contributed by atoms with van der Waals surface area (Å²) in [4.78, 5) is 14.4. The van der Waals surface area contributed by atoms with Gasteiger partial charge in [-0.25, -0.2) is 0 Å². The van der Waals surface area contributed by atoms with Crippen molar-refractivity contribution in [3.8, 4) is 12.3 Å². The van der Waals surface area contributed by atoms with Gasteiger partial charge >= 0.3 is 0 Å². The van der Waals surface area contributed by atoms with E-state index in [-0.39, 0.29) is 0 Å². The Morgan fingerprint density at radius 2 is 2.11 bits per heavy atom. The molecule has 0 bridgehead atoms. The fraction of sp³-hybridized carbons (Fsp3) is 0.800. The Labute approximate surface area is 111 Å². The number of hydrogen-bond acceptors (Lipinski definition) is 2. The molecule has 0 aromatic rings. The first-order valence-corrected chi connectivity index (χ1v) is 7.23. The van der Waals surface area contributed by atoms with Crippen LogP contribution < -0.4 is 5.32 Å². The quantitative estimate of drug-likeness (QED) is 0.555. The number of unbranched alkanes of at least 4 members (excludes halogenated alkanes) is 2. The minimum absolute atomic E-state index is 0.320. The Bertz CT molecular complexity index is 277. The van der Waals surface area contributed by atoms with Crippen molar-refractivity contribution in [1.29, 1.82) is 0 Å².